The topological polar surface area (TPSA) is 54.5 Å². The molecule has 1 aliphatic heterocycles. The van der Waals surface area contributed by atoms with Crippen molar-refractivity contribution < 1.29 is 22.0 Å². The summed E-state index contributed by atoms with van der Waals surface area (Å²) in [6.07, 6.45) is 1.32. The summed E-state index contributed by atoms with van der Waals surface area (Å²) < 4.78 is 50.0. The highest BCUT2D eigenvalue weighted by atomic mass is 32.2. The average molecular weight is 359 g/mol. The summed E-state index contributed by atoms with van der Waals surface area (Å²) >= 11 is 0. The fourth-order valence-corrected chi connectivity index (χ4v) is 4.18. The maximum absolute atomic E-state index is 13.2. The Morgan fingerprint density at radius 2 is 1.83 bits per heavy atom. The molecule has 1 aliphatic rings. The zero-order valence-corrected chi connectivity index (χ0v) is 14.8. The third-order valence-corrected chi connectivity index (χ3v) is 6.87. The molecule has 0 radical (unpaired) electrons. The second-order valence-electron chi connectivity index (χ2n) is 6.63. The van der Waals surface area contributed by atoms with Gasteiger partial charge in [0.2, 0.25) is 5.91 Å². The summed E-state index contributed by atoms with van der Waals surface area (Å²) in [6, 6.07) is 3.45. The zero-order valence-electron chi connectivity index (χ0n) is 14.0. The SMILES string of the molecule is CC(C)S(=O)(=O)CC1CCN(C(=O)Cc2ccc(F)c(F)c2)CC1. The van der Waals surface area contributed by atoms with E-state index in [1.807, 2.05) is 0 Å². The highest BCUT2D eigenvalue weighted by Gasteiger charge is 2.28. The van der Waals surface area contributed by atoms with Gasteiger partial charge in [0.25, 0.3) is 0 Å². The first kappa shape index (κ1) is 18.8. The molecule has 0 N–H and O–H groups in total. The van der Waals surface area contributed by atoms with Crippen molar-refractivity contribution in [1.82, 2.24) is 4.90 Å². The molecule has 1 aromatic rings. The lowest BCUT2D eigenvalue weighted by molar-refractivity contribution is -0.131. The van der Waals surface area contributed by atoms with Gasteiger partial charge in [-0.25, -0.2) is 17.2 Å². The molecule has 7 heteroatoms. The number of benzene rings is 1. The molecular formula is C17H23F2NO3S. The van der Waals surface area contributed by atoms with E-state index in [0.29, 0.717) is 31.5 Å². The van der Waals surface area contributed by atoms with E-state index in [9.17, 15) is 22.0 Å². The number of amides is 1. The molecule has 1 amide bonds. The van der Waals surface area contributed by atoms with Crippen molar-refractivity contribution in [2.45, 2.75) is 38.4 Å². The largest absolute Gasteiger partial charge is 0.342 e. The Kier molecular flexibility index (Phi) is 5.96. The number of nitrogens with zero attached hydrogens (tertiary/aromatic N) is 1. The number of carbonyl (C=O) groups is 1. The van der Waals surface area contributed by atoms with Crippen LogP contribution in [0.4, 0.5) is 8.78 Å². The van der Waals surface area contributed by atoms with Gasteiger partial charge >= 0.3 is 0 Å². The maximum Gasteiger partial charge on any atom is 0.226 e. The molecule has 0 aliphatic carbocycles. The van der Waals surface area contributed by atoms with Gasteiger partial charge in [0.1, 0.15) is 0 Å². The molecule has 134 valence electrons. The summed E-state index contributed by atoms with van der Waals surface area (Å²) in [5.41, 5.74) is 0.434. The van der Waals surface area contributed by atoms with Crippen LogP contribution in [0.15, 0.2) is 18.2 Å². The van der Waals surface area contributed by atoms with Gasteiger partial charge in [-0.1, -0.05) is 6.07 Å². The molecule has 1 fully saturated rings. The Morgan fingerprint density at radius 3 is 2.38 bits per heavy atom. The number of hydrogen-bond acceptors (Lipinski definition) is 3. The summed E-state index contributed by atoms with van der Waals surface area (Å²) in [5, 5.41) is -0.384. The third kappa shape index (κ3) is 4.75. The van der Waals surface area contributed by atoms with Gasteiger partial charge in [0.05, 0.1) is 17.4 Å². The van der Waals surface area contributed by atoms with Crippen molar-refractivity contribution >= 4 is 15.7 Å². The molecule has 2 rings (SSSR count). The number of rotatable bonds is 5. The smallest absolute Gasteiger partial charge is 0.226 e. The third-order valence-electron chi connectivity index (χ3n) is 4.49. The lowest BCUT2D eigenvalue weighted by Gasteiger charge is -2.32. The molecule has 24 heavy (non-hydrogen) atoms. The van der Waals surface area contributed by atoms with Crippen molar-refractivity contribution in [2.24, 2.45) is 5.92 Å². The molecular weight excluding hydrogens is 336 g/mol. The Morgan fingerprint density at radius 1 is 1.21 bits per heavy atom. The monoisotopic (exact) mass is 359 g/mol. The van der Waals surface area contributed by atoms with Crippen LogP contribution in [-0.4, -0.2) is 43.3 Å². The van der Waals surface area contributed by atoms with Crippen LogP contribution in [0.3, 0.4) is 0 Å². The van der Waals surface area contributed by atoms with Crippen LogP contribution in [0.2, 0.25) is 0 Å². The summed E-state index contributed by atoms with van der Waals surface area (Å²) in [4.78, 5) is 13.9. The van der Waals surface area contributed by atoms with Crippen LogP contribution >= 0.6 is 0 Å². The lowest BCUT2D eigenvalue weighted by Crippen LogP contribution is -2.41. The molecule has 0 saturated carbocycles. The number of piperidine rings is 1. The maximum atomic E-state index is 13.2. The summed E-state index contributed by atoms with van der Waals surface area (Å²) in [7, 11) is -3.07. The van der Waals surface area contributed by atoms with Gasteiger partial charge in [-0.15, -0.1) is 0 Å². The van der Waals surface area contributed by atoms with E-state index in [2.05, 4.69) is 0 Å². The molecule has 0 unspecified atom stereocenters. The van der Waals surface area contributed by atoms with Crippen molar-refractivity contribution in [3.63, 3.8) is 0 Å². The normalized spacial score (nSPS) is 16.6. The first-order valence-electron chi connectivity index (χ1n) is 8.12. The van der Waals surface area contributed by atoms with Crippen LogP contribution in [-0.2, 0) is 21.1 Å². The van der Waals surface area contributed by atoms with E-state index in [-0.39, 0.29) is 29.2 Å². The van der Waals surface area contributed by atoms with Crippen LogP contribution in [0.25, 0.3) is 0 Å². The number of carbonyl (C=O) groups excluding carboxylic acids is 1. The molecule has 0 atom stereocenters. The van der Waals surface area contributed by atoms with Gasteiger partial charge in [0, 0.05) is 13.1 Å². The molecule has 4 nitrogen and oxygen atoms in total. The van der Waals surface area contributed by atoms with Crippen LogP contribution < -0.4 is 0 Å². The van der Waals surface area contributed by atoms with E-state index < -0.39 is 21.5 Å². The van der Waals surface area contributed by atoms with Gasteiger partial charge in [0.15, 0.2) is 21.5 Å². The number of hydrogen-bond donors (Lipinski definition) is 0. The quantitative estimate of drug-likeness (QED) is 0.812. The van der Waals surface area contributed by atoms with Gasteiger partial charge in [-0.3, -0.25) is 4.79 Å². The van der Waals surface area contributed by atoms with E-state index in [4.69, 9.17) is 0 Å². The first-order valence-corrected chi connectivity index (χ1v) is 9.84. The molecule has 0 bridgehead atoms. The summed E-state index contributed by atoms with van der Waals surface area (Å²) in [5.74, 6) is -1.80. The highest BCUT2D eigenvalue weighted by molar-refractivity contribution is 7.91. The fraction of sp³-hybridized carbons (Fsp3) is 0.588. The van der Waals surface area contributed by atoms with E-state index in [1.165, 1.54) is 6.07 Å². The molecule has 0 spiro atoms. The lowest BCUT2D eigenvalue weighted by atomic mass is 9.98. The Hall–Kier alpha value is -1.50. The van der Waals surface area contributed by atoms with Crippen molar-refractivity contribution in [3.8, 4) is 0 Å². The van der Waals surface area contributed by atoms with Crippen molar-refractivity contribution in [2.75, 3.05) is 18.8 Å². The van der Waals surface area contributed by atoms with Crippen molar-refractivity contribution in [1.29, 1.82) is 0 Å². The molecule has 1 saturated heterocycles. The fourth-order valence-electron chi connectivity index (χ4n) is 2.81. The Balaban J connectivity index is 1.87. The minimum Gasteiger partial charge on any atom is -0.342 e. The number of halogens is 2. The average Bonchev–Trinajstić information content (AvgIpc) is 2.51. The second-order valence-corrected chi connectivity index (χ2v) is 9.23. The Bertz CT molecular complexity index is 696. The van der Waals surface area contributed by atoms with E-state index >= 15 is 0 Å². The van der Waals surface area contributed by atoms with Crippen LogP contribution in [0, 0.1) is 17.6 Å². The van der Waals surface area contributed by atoms with Gasteiger partial charge in [-0.05, 0) is 50.3 Å². The zero-order chi connectivity index (χ0) is 17.9. The highest BCUT2D eigenvalue weighted by Crippen LogP contribution is 2.21. The Labute approximate surface area is 141 Å². The summed E-state index contributed by atoms with van der Waals surface area (Å²) in [6.45, 7) is 4.35. The van der Waals surface area contributed by atoms with E-state index in [0.717, 1.165) is 12.1 Å². The van der Waals surface area contributed by atoms with Gasteiger partial charge in [-0.2, -0.15) is 0 Å². The first-order chi connectivity index (χ1) is 11.2. The minimum absolute atomic E-state index is 0.0200. The number of likely N-dealkylation sites (tertiary alicyclic amines) is 1. The standard InChI is InChI=1S/C17H23F2NO3S/c1-12(2)24(22,23)11-13-5-7-20(8-6-13)17(21)10-14-3-4-15(18)16(19)9-14/h3-4,9,12-13H,5-8,10-11H2,1-2H3. The van der Waals surface area contributed by atoms with Crippen LogP contribution in [0.5, 0.6) is 0 Å². The van der Waals surface area contributed by atoms with E-state index in [1.54, 1.807) is 18.7 Å². The predicted octanol–water partition coefficient (Wildman–Crippen LogP) is 2.57. The van der Waals surface area contributed by atoms with Crippen molar-refractivity contribution in [3.05, 3.63) is 35.4 Å². The number of sulfone groups is 1. The molecule has 0 aromatic heterocycles. The predicted molar refractivity (Wildman–Crippen MR) is 88.3 cm³/mol. The minimum atomic E-state index is -3.07. The van der Waals surface area contributed by atoms with Gasteiger partial charge < -0.3 is 4.90 Å². The molecule has 1 heterocycles. The van der Waals surface area contributed by atoms with Crippen LogP contribution in [0.1, 0.15) is 32.3 Å². The second kappa shape index (κ2) is 7.59. The molecule has 1 aromatic carbocycles.